The number of carbonyl (C=O) groups is 2. The highest BCUT2D eigenvalue weighted by Crippen LogP contribution is 2.43. The second-order valence-corrected chi connectivity index (χ2v) is 10.4. The first kappa shape index (κ1) is 21.3. The van der Waals surface area contributed by atoms with Crippen molar-refractivity contribution < 1.29 is 13.8 Å². The first-order chi connectivity index (χ1) is 15.4. The topological polar surface area (TPSA) is 66.5 Å². The van der Waals surface area contributed by atoms with Crippen molar-refractivity contribution in [2.24, 2.45) is 0 Å². The van der Waals surface area contributed by atoms with Crippen molar-refractivity contribution in [2.45, 2.75) is 16.3 Å². The molecule has 1 atom stereocenters. The second-order valence-electron chi connectivity index (χ2n) is 7.15. The van der Waals surface area contributed by atoms with Crippen LogP contribution in [0.3, 0.4) is 0 Å². The fraction of sp³-hybridized carbons (Fsp3) is 0.0435. The molecular weight excluding hydrogens is 487 g/mol. The van der Waals surface area contributed by atoms with E-state index < -0.39 is 21.9 Å². The number of rotatable bonds is 3. The monoisotopic (exact) mass is 500 g/mol. The second kappa shape index (κ2) is 8.41. The fourth-order valence-corrected chi connectivity index (χ4v) is 6.06. The van der Waals surface area contributed by atoms with Crippen LogP contribution in [-0.2, 0) is 22.1 Å². The third kappa shape index (κ3) is 3.86. The summed E-state index contributed by atoms with van der Waals surface area (Å²) in [4.78, 5) is 27.1. The number of imide groups is 1. The normalized spacial score (nSPS) is 18.5. The van der Waals surface area contributed by atoms with E-state index in [1.165, 1.54) is 0 Å². The van der Waals surface area contributed by atoms with Crippen LogP contribution < -0.4 is 10.2 Å². The van der Waals surface area contributed by atoms with Gasteiger partial charge in [-0.25, -0.2) is 4.21 Å². The highest BCUT2D eigenvalue weighted by molar-refractivity contribution is 8.18. The van der Waals surface area contributed by atoms with Crippen LogP contribution in [0, 0.1) is 0 Å². The lowest BCUT2D eigenvalue weighted by atomic mass is 10.1. The van der Waals surface area contributed by atoms with Crippen molar-refractivity contribution in [3.05, 3.63) is 86.7 Å². The Bertz CT molecular complexity index is 1360. The van der Waals surface area contributed by atoms with Crippen LogP contribution in [-0.4, -0.2) is 15.4 Å². The maximum atomic E-state index is 13.4. The van der Waals surface area contributed by atoms with Gasteiger partial charge >= 0.3 is 0 Å². The first-order valence-electron chi connectivity index (χ1n) is 9.52. The molecule has 32 heavy (non-hydrogen) atoms. The number of nitrogens with zero attached hydrogens (tertiary/aromatic N) is 1. The van der Waals surface area contributed by atoms with Crippen molar-refractivity contribution >= 4 is 74.4 Å². The molecule has 160 valence electrons. The summed E-state index contributed by atoms with van der Waals surface area (Å²) in [7, 11) is -1.40. The number of benzene rings is 3. The number of amides is 2. The average molecular weight is 501 g/mol. The molecule has 2 aliphatic rings. The van der Waals surface area contributed by atoms with Crippen LogP contribution in [0.5, 0.6) is 0 Å². The van der Waals surface area contributed by atoms with Gasteiger partial charge in [-0.3, -0.25) is 14.9 Å². The molecule has 0 radical (unpaired) electrons. The third-order valence-corrected chi connectivity index (χ3v) is 8.12. The van der Waals surface area contributed by atoms with Crippen molar-refractivity contribution in [3.63, 3.8) is 0 Å². The molecular formula is C23H14Cl2N2O3S2. The zero-order chi connectivity index (χ0) is 22.4. The zero-order valence-electron chi connectivity index (χ0n) is 16.3. The summed E-state index contributed by atoms with van der Waals surface area (Å²) in [6.07, 6.45) is 1.63. The lowest BCUT2D eigenvalue weighted by Gasteiger charge is -2.33. The summed E-state index contributed by atoms with van der Waals surface area (Å²) in [5, 5.41) is 2.81. The van der Waals surface area contributed by atoms with Gasteiger partial charge in [0.05, 0.1) is 46.9 Å². The smallest absolute Gasteiger partial charge is 0.290 e. The molecule has 5 nitrogen and oxygen atoms in total. The van der Waals surface area contributed by atoms with E-state index in [-0.39, 0.29) is 0 Å². The molecule has 9 heteroatoms. The van der Waals surface area contributed by atoms with E-state index in [1.807, 2.05) is 48.5 Å². The molecule has 2 aliphatic heterocycles. The van der Waals surface area contributed by atoms with E-state index >= 15 is 0 Å². The van der Waals surface area contributed by atoms with Gasteiger partial charge in [0, 0.05) is 6.54 Å². The number of carbonyl (C=O) groups excluding carboxylic acids is 2. The molecule has 1 fully saturated rings. The van der Waals surface area contributed by atoms with Crippen molar-refractivity contribution in [1.82, 2.24) is 5.32 Å². The molecule has 2 amide bonds. The summed E-state index contributed by atoms with van der Waals surface area (Å²) < 4.78 is 13.4. The maximum Gasteiger partial charge on any atom is 0.290 e. The van der Waals surface area contributed by atoms with Gasteiger partial charge in [-0.1, -0.05) is 47.5 Å². The van der Waals surface area contributed by atoms with Crippen LogP contribution in [0.25, 0.3) is 6.08 Å². The minimum Gasteiger partial charge on any atom is -0.335 e. The Kier molecular flexibility index (Phi) is 5.59. The number of hydrogen-bond acceptors (Lipinski definition) is 5. The van der Waals surface area contributed by atoms with Crippen molar-refractivity contribution in [3.8, 4) is 0 Å². The fourth-order valence-electron chi connectivity index (χ4n) is 3.64. The molecule has 2 heterocycles. The molecule has 1 saturated heterocycles. The predicted molar refractivity (Wildman–Crippen MR) is 129 cm³/mol. The Morgan fingerprint density at radius 1 is 0.938 bits per heavy atom. The molecule has 0 bridgehead atoms. The largest absolute Gasteiger partial charge is 0.335 e. The van der Waals surface area contributed by atoms with Crippen LogP contribution >= 0.6 is 35.0 Å². The van der Waals surface area contributed by atoms with Crippen LogP contribution in [0.2, 0.25) is 10.0 Å². The molecule has 1 unspecified atom stereocenters. The number of anilines is 2. The van der Waals surface area contributed by atoms with Gasteiger partial charge < -0.3 is 4.90 Å². The van der Waals surface area contributed by atoms with E-state index in [1.54, 1.807) is 18.2 Å². The molecule has 5 rings (SSSR count). The average Bonchev–Trinajstić information content (AvgIpc) is 3.10. The summed E-state index contributed by atoms with van der Waals surface area (Å²) >= 11 is 13.1. The van der Waals surface area contributed by atoms with Gasteiger partial charge in [0.25, 0.3) is 11.1 Å². The molecule has 0 saturated carbocycles. The minimum absolute atomic E-state index is 0.310. The zero-order valence-corrected chi connectivity index (χ0v) is 19.4. The summed E-state index contributed by atoms with van der Waals surface area (Å²) in [6.45, 7) is 0.505. The Morgan fingerprint density at radius 2 is 1.72 bits per heavy atom. The summed E-state index contributed by atoms with van der Waals surface area (Å²) in [6, 6.07) is 18.6. The Labute approximate surface area is 200 Å². The molecule has 0 spiro atoms. The van der Waals surface area contributed by atoms with Gasteiger partial charge in [-0.2, -0.15) is 0 Å². The van der Waals surface area contributed by atoms with Crippen LogP contribution in [0.1, 0.15) is 11.1 Å². The number of para-hydroxylation sites is 1. The standard InChI is InChI=1S/C23H14Cl2N2O3S2/c24-15-7-5-14(9-16(15)25)12-27-17-3-1-2-4-20(17)32(30)21-11-13(6-8-18(21)27)10-19-22(28)26-23(29)31-19/h1-11H,12H2,(H,26,28,29)/b19-10-. The highest BCUT2D eigenvalue weighted by atomic mass is 35.5. The van der Waals surface area contributed by atoms with E-state index in [0.29, 0.717) is 36.8 Å². The van der Waals surface area contributed by atoms with Crippen molar-refractivity contribution in [2.75, 3.05) is 4.90 Å². The predicted octanol–water partition coefficient (Wildman–Crippen LogP) is 6.14. The summed E-state index contributed by atoms with van der Waals surface area (Å²) in [5.41, 5.74) is 3.30. The first-order valence-corrected chi connectivity index (χ1v) is 12.2. The van der Waals surface area contributed by atoms with Gasteiger partial charge in [0.15, 0.2) is 0 Å². The quantitative estimate of drug-likeness (QED) is 0.437. The summed E-state index contributed by atoms with van der Waals surface area (Å²) in [5.74, 6) is -0.426. The van der Waals surface area contributed by atoms with Crippen LogP contribution in [0.15, 0.2) is 75.4 Å². The van der Waals surface area contributed by atoms with Gasteiger partial charge in [0.2, 0.25) is 0 Å². The Hall–Kier alpha value is -2.58. The number of hydrogen-bond donors (Lipinski definition) is 1. The molecule has 0 aromatic heterocycles. The van der Waals surface area contributed by atoms with E-state index in [9.17, 15) is 13.8 Å². The maximum absolute atomic E-state index is 13.4. The van der Waals surface area contributed by atoms with E-state index in [2.05, 4.69) is 10.2 Å². The lowest BCUT2D eigenvalue weighted by Crippen LogP contribution is -2.23. The van der Waals surface area contributed by atoms with Gasteiger partial charge in [0.1, 0.15) is 0 Å². The van der Waals surface area contributed by atoms with Gasteiger partial charge in [-0.05, 0) is 65.4 Å². The van der Waals surface area contributed by atoms with Crippen molar-refractivity contribution in [1.29, 1.82) is 0 Å². The number of nitrogens with one attached hydrogen (secondary N) is 1. The minimum atomic E-state index is -1.40. The highest BCUT2D eigenvalue weighted by Gasteiger charge is 2.29. The van der Waals surface area contributed by atoms with E-state index in [0.717, 1.165) is 28.7 Å². The third-order valence-electron chi connectivity index (χ3n) is 5.09. The van der Waals surface area contributed by atoms with Gasteiger partial charge in [-0.15, -0.1) is 0 Å². The number of halogens is 2. The SMILES string of the molecule is O=C1NC(=O)/C(=C/c2ccc3c(c2)S(=O)c2ccccc2N3Cc2ccc(Cl)c(Cl)c2)S1. The molecule has 3 aromatic carbocycles. The molecule has 0 aliphatic carbocycles. The number of fused-ring (bicyclic) bond motifs is 2. The molecule has 1 N–H and O–H groups in total. The van der Waals surface area contributed by atoms with E-state index in [4.69, 9.17) is 23.2 Å². The van der Waals surface area contributed by atoms with Crippen LogP contribution in [0.4, 0.5) is 16.2 Å². The lowest BCUT2D eigenvalue weighted by molar-refractivity contribution is -0.115. The Balaban J connectivity index is 1.59. The Morgan fingerprint density at radius 3 is 2.47 bits per heavy atom. The number of thioether (sulfide) groups is 1. The molecule has 3 aromatic rings.